The summed E-state index contributed by atoms with van der Waals surface area (Å²) < 4.78 is 0. The van der Waals surface area contributed by atoms with E-state index in [0.29, 0.717) is 0 Å². The lowest BCUT2D eigenvalue weighted by Crippen LogP contribution is -2.48. The van der Waals surface area contributed by atoms with Gasteiger partial charge in [0.25, 0.3) is 0 Å². The molecular formula is C9H16O3. The minimum atomic E-state index is -1.69. The van der Waals surface area contributed by atoms with Crippen LogP contribution in [0.2, 0.25) is 0 Å². The first kappa shape index (κ1) is 11.2. The zero-order chi connectivity index (χ0) is 9.94. The van der Waals surface area contributed by atoms with Gasteiger partial charge in [0.15, 0.2) is 5.60 Å². The highest BCUT2D eigenvalue weighted by Gasteiger charge is 2.43. The van der Waals surface area contributed by atoms with E-state index in [4.69, 9.17) is 5.11 Å². The molecule has 70 valence electrons. The molecule has 12 heavy (non-hydrogen) atoms. The third-order valence-corrected chi connectivity index (χ3v) is 2.27. The minimum absolute atomic E-state index is 0.331. The van der Waals surface area contributed by atoms with Crippen LogP contribution in [0.15, 0.2) is 12.7 Å². The maximum Gasteiger partial charge on any atom is 0.336 e. The van der Waals surface area contributed by atoms with Gasteiger partial charge in [0.1, 0.15) is 0 Å². The van der Waals surface area contributed by atoms with Gasteiger partial charge in [-0.3, -0.25) is 0 Å². The molecule has 3 heteroatoms. The van der Waals surface area contributed by atoms with Crippen molar-refractivity contribution in [1.82, 2.24) is 0 Å². The highest BCUT2D eigenvalue weighted by Crippen LogP contribution is 2.27. The Hall–Kier alpha value is -0.830. The molecule has 0 rings (SSSR count). The summed E-state index contributed by atoms with van der Waals surface area (Å²) in [5.74, 6) is -1.97. The van der Waals surface area contributed by atoms with E-state index < -0.39 is 17.5 Å². The summed E-state index contributed by atoms with van der Waals surface area (Å²) in [7, 11) is 0. The van der Waals surface area contributed by atoms with Crippen molar-refractivity contribution in [3.05, 3.63) is 12.7 Å². The normalized spacial score (nSPS) is 18.4. The molecule has 2 N–H and O–H groups in total. The molecule has 0 aromatic heterocycles. The molecule has 2 unspecified atom stereocenters. The summed E-state index contributed by atoms with van der Waals surface area (Å²) in [6.45, 7) is 8.46. The summed E-state index contributed by atoms with van der Waals surface area (Å²) >= 11 is 0. The van der Waals surface area contributed by atoms with Gasteiger partial charge in [0, 0.05) is 5.92 Å². The molecule has 2 atom stereocenters. The Balaban J connectivity index is 4.86. The molecule has 0 amide bonds. The van der Waals surface area contributed by atoms with E-state index in [1.165, 1.54) is 6.08 Å². The number of hydrogen-bond donors (Lipinski definition) is 2. The van der Waals surface area contributed by atoms with Crippen molar-refractivity contribution in [2.75, 3.05) is 0 Å². The van der Waals surface area contributed by atoms with Crippen molar-refractivity contribution >= 4 is 5.97 Å². The van der Waals surface area contributed by atoms with Gasteiger partial charge in [-0.05, 0) is 5.92 Å². The smallest absolute Gasteiger partial charge is 0.336 e. The summed E-state index contributed by atoms with van der Waals surface area (Å²) in [4.78, 5) is 10.8. The molecule has 0 aromatic rings. The Bertz CT molecular complexity index is 186. The molecular weight excluding hydrogens is 156 g/mol. The van der Waals surface area contributed by atoms with Gasteiger partial charge in [0.2, 0.25) is 0 Å². The van der Waals surface area contributed by atoms with Crippen LogP contribution in [-0.2, 0) is 4.79 Å². The Morgan fingerprint density at radius 1 is 1.50 bits per heavy atom. The Morgan fingerprint density at radius 2 is 1.92 bits per heavy atom. The quantitative estimate of drug-likeness (QED) is 0.628. The van der Waals surface area contributed by atoms with Crippen molar-refractivity contribution < 1.29 is 15.0 Å². The third kappa shape index (κ3) is 1.67. The molecule has 0 fully saturated rings. The van der Waals surface area contributed by atoms with E-state index in [0.717, 1.165) is 0 Å². The number of aliphatic hydroxyl groups is 1. The Kier molecular flexibility index (Phi) is 3.46. The highest BCUT2D eigenvalue weighted by atomic mass is 16.4. The van der Waals surface area contributed by atoms with Crippen LogP contribution in [0.25, 0.3) is 0 Å². The van der Waals surface area contributed by atoms with Crippen LogP contribution in [0.4, 0.5) is 0 Å². The van der Waals surface area contributed by atoms with E-state index in [2.05, 4.69) is 6.58 Å². The van der Waals surface area contributed by atoms with Gasteiger partial charge >= 0.3 is 5.97 Å². The zero-order valence-corrected chi connectivity index (χ0v) is 7.74. The molecule has 0 aliphatic rings. The second-order valence-corrected chi connectivity index (χ2v) is 3.31. The lowest BCUT2D eigenvalue weighted by atomic mass is 9.79. The molecule has 0 saturated heterocycles. The zero-order valence-electron chi connectivity index (χ0n) is 7.74. The summed E-state index contributed by atoms with van der Waals surface area (Å²) in [6.07, 6.45) is 1.45. The van der Waals surface area contributed by atoms with Crippen LogP contribution >= 0.6 is 0 Å². The standard InChI is InChI=1S/C9H16O3/c1-5-7(4)9(12,6(2)3)8(10)11/h5-7,12H,1H2,2-4H3,(H,10,11). The third-order valence-electron chi connectivity index (χ3n) is 2.27. The number of rotatable bonds is 4. The van der Waals surface area contributed by atoms with Crippen molar-refractivity contribution in [1.29, 1.82) is 0 Å². The van der Waals surface area contributed by atoms with Gasteiger partial charge in [0.05, 0.1) is 0 Å². The SMILES string of the molecule is C=CC(C)C(O)(C(=O)O)C(C)C. The molecule has 0 bridgehead atoms. The number of aliphatic carboxylic acids is 1. The molecule has 0 radical (unpaired) electrons. The predicted molar refractivity (Wildman–Crippen MR) is 46.8 cm³/mol. The number of hydrogen-bond acceptors (Lipinski definition) is 2. The van der Waals surface area contributed by atoms with Crippen molar-refractivity contribution in [3.8, 4) is 0 Å². The average molecular weight is 172 g/mol. The van der Waals surface area contributed by atoms with Gasteiger partial charge in [-0.2, -0.15) is 0 Å². The Morgan fingerprint density at radius 3 is 2.00 bits per heavy atom. The van der Waals surface area contributed by atoms with Gasteiger partial charge in [-0.25, -0.2) is 4.79 Å². The number of carboxylic acids is 1. The van der Waals surface area contributed by atoms with E-state index >= 15 is 0 Å². The maximum absolute atomic E-state index is 10.8. The second-order valence-electron chi connectivity index (χ2n) is 3.31. The second kappa shape index (κ2) is 3.72. The van der Waals surface area contributed by atoms with Gasteiger partial charge in [-0.1, -0.05) is 26.8 Å². The van der Waals surface area contributed by atoms with Crippen molar-refractivity contribution in [2.45, 2.75) is 26.4 Å². The fraction of sp³-hybridized carbons (Fsp3) is 0.667. The van der Waals surface area contributed by atoms with Crippen LogP contribution in [-0.4, -0.2) is 21.8 Å². The van der Waals surface area contributed by atoms with Crippen LogP contribution in [0, 0.1) is 11.8 Å². The first-order valence-electron chi connectivity index (χ1n) is 3.95. The van der Waals surface area contributed by atoms with Crippen LogP contribution in [0.3, 0.4) is 0 Å². The van der Waals surface area contributed by atoms with Crippen LogP contribution in [0.1, 0.15) is 20.8 Å². The van der Waals surface area contributed by atoms with Crippen LogP contribution in [0.5, 0.6) is 0 Å². The Labute approximate surface area is 72.7 Å². The molecule has 0 aliphatic carbocycles. The van der Waals surface area contributed by atoms with E-state index in [1.54, 1.807) is 20.8 Å². The average Bonchev–Trinajstić information content (AvgIpc) is 2.00. The first-order chi connectivity index (χ1) is 5.37. The first-order valence-corrected chi connectivity index (χ1v) is 3.95. The van der Waals surface area contributed by atoms with E-state index in [-0.39, 0.29) is 5.92 Å². The maximum atomic E-state index is 10.8. The largest absolute Gasteiger partial charge is 0.479 e. The summed E-state index contributed by atoms with van der Waals surface area (Å²) in [5.41, 5.74) is -1.69. The number of carboxylic acid groups (broad SMARTS) is 1. The van der Waals surface area contributed by atoms with Crippen LogP contribution < -0.4 is 0 Å². The molecule has 0 aromatic carbocycles. The summed E-state index contributed by atoms with van der Waals surface area (Å²) in [5, 5.41) is 18.6. The molecule has 0 saturated carbocycles. The highest BCUT2D eigenvalue weighted by molar-refractivity contribution is 5.78. The fourth-order valence-corrected chi connectivity index (χ4v) is 1.15. The van der Waals surface area contributed by atoms with E-state index in [1.807, 2.05) is 0 Å². The lowest BCUT2D eigenvalue weighted by Gasteiger charge is -2.31. The minimum Gasteiger partial charge on any atom is -0.479 e. The summed E-state index contributed by atoms with van der Waals surface area (Å²) in [6, 6.07) is 0. The molecule has 0 aliphatic heterocycles. The fourth-order valence-electron chi connectivity index (χ4n) is 1.15. The van der Waals surface area contributed by atoms with Gasteiger partial charge in [-0.15, -0.1) is 6.58 Å². The van der Waals surface area contributed by atoms with Gasteiger partial charge < -0.3 is 10.2 Å². The predicted octanol–water partition coefficient (Wildman–Crippen LogP) is 1.28. The van der Waals surface area contributed by atoms with Crippen molar-refractivity contribution in [2.24, 2.45) is 11.8 Å². The molecule has 0 spiro atoms. The number of carbonyl (C=O) groups is 1. The molecule has 3 nitrogen and oxygen atoms in total. The van der Waals surface area contributed by atoms with E-state index in [9.17, 15) is 9.90 Å². The lowest BCUT2D eigenvalue weighted by molar-refractivity contribution is -0.168. The monoisotopic (exact) mass is 172 g/mol. The topological polar surface area (TPSA) is 57.5 Å². The van der Waals surface area contributed by atoms with Crippen molar-refractivity contribution in [3.63, 3.8) is 0 Å². The molecule has 0 heterocycles.